The maximum Gasteiger partial charge on any atom is 0.344 e. The van der Waals surface area contributed by atoms with Crippen molar-refractivity contribution in [3.8, 4) is 16.9 Å². The molecule has 8 heteroatoms. The predicted molar refractivity (Wildman–Crippen MR) is 148 cm³/mol. The van der Waals surface area contributed by atoms with Crippen molar-refractivity contribution in [1.82, 2.24) is 0 Å². The van der Waals surface area contributed by atoms with Crippen LogP contribution >= 0.6 is 11.6 Å². The van der Waals surface area contributed by atoms with Gasteiger partial charge in [0, 0.05) is 22.7 Å². The summed E-state index contributed by atoms with van der Waals surface area (Å²) in [7, 11) is 1.47. The van der Waals surface area contributed by atoms with Crippen molar-refractivity contribution in [3.63, 3.8) is 0 Å². The van der Waals surface area contributed by atoms with Crippen molar-refractivity contribution in [2.75, 3.05) is 17.7 Å². The number of para-hydroxylation sites is 1. The maximum atomic E-state index is 12.9. The van der Waals surface area contributed by atoms with E-state index < -0.39 is 5.63 Å². The summed E-state index contributed by atoms with van der Waals surface area (Å²) in [4.78, 5) is 37.9. The Morgan fingerprint density at radius 2 is 1.55 bits per heavy atom. The summed E-state index contributed by atoms with van der Waals surface area (Å²) >= 11 is 6.12. The molecular weight excluding hydrogens is 504 g/mol. The lowest BCUT2D eigenvalue weighted by molar-refractivity contribution is 0.101. The molecule has 0 aliphatic carbocycles. The third-order valence-corrected chi connectivity index (χ3v) is 6.26. The molecule has 0 bridgehead atoms. The molecule has 5 rings (SSSR count). The Bertz CT molecular complexity index is 1730. The number of ether oxygens (including phenoxy) is 1. The standard InChI is InChI=1S/C30H21ClN2O5/c1-37-27-17-21(14-15-25(27)33-29(35)22-7-3-4-8-24(22)31)32-28(34)19-12-10-18(11-13-19)23-16-20-6-2-5-9-26(20)38-30(23)36/h2-17H,1H3,(H,32,34)(H,33,35). The topological polar surface area (TPSA) is 97.6 Å². The summed E-state index contributed by atoms with van der Waals surface area (Å²) in [5.74, 6) is -0.371. The van der Waals surface area contributed by atoms with Crippen LogP contribution < -0.4 is 21.0 Å². The smallest absolute Gasteiger partial charge is 0.344 e. The van der Waals surface area contributed by atoms with E-state index in [1.807, 2.05) is 12.1 Å². The minimum absolute atomic E-state index is 0.332. The summed E-state index contributed by atoms with van der Waals surface area (Å²) < 4.78 is 10.8. The van der Waals surface area contributed by atoms with Gasteiger partial charge >= 0.3 is 5.63 Å². The van der Waals surface area contributed by atoms with E-state index in [2.05, 4.69) is 10.6 Å². The minimum Gasteiger partial charge on any atom is -0.494 e. The number of rotatable bonds is 6. The predicted octanol–water partition coefficient (Wildman–Crippen LogP) is 6.63. The Balaban J connectivity index is 1.31. The number of methoxy groups -OCH3 is 1. The van der Waals surface area contributed by atoms with Crippen LogP contribution in [0.25, 0.3) is 22.1 Å². The van der Waals surface area contributed by atoms with Crippen molar-refractivity contribution in [3.05, 3.63) is 124 Å². The molecule has 2 N–H and O–H groups in total. The fourth-order valence-corrected chi connectivity index (χ4v) is 4.20. The lowest BCUT2D eigenvalue weighted by atomic mass is 10.0. The Hall–Kier alpha value is -4.88. The largest absolute Gasteiger partial charge is 0.494 e. The fraction of sp³-hybridized carbons (Fsp3) is 0.0333. The van der Waals surface area contributed by atoms with E-state index in [-0.39, 0.29) is 11.8 Å². The van der Waals surface area contributed by atoms with E-state index in [4.69, 9.17) is 20.8 Å². The molecule has 1 heterocycles. The first-order chi connectivity index (χ1) is 18.4. The second-order valence-electron chi connectivity index (χ2n) is 8.37. The third-order valence-electron chi connectivity index (χ3n) is 5.93. The summed E-state index contributed by atoms with van der Waals surface area (Å²) in [5.41, 5.74) is 2.75. The minimum atomic E-state index is -0.449. The van der Waals surface area contributed by atoms with E-state index in [0.29, 0.717) is 50.0 Å². The lowest BCUT2D eigenvalue weighted by Crippen LogP contribution is -2.14. The molecule has 0 fully saturated rings. The van der Waals surface area contributed by atoms with Crippen molar-refractivity contribution >= 4 is 45.8 Å². The summed E-state index contributed by atoms with van der Waals surface area (Å²) in [6.07, 6.45) is 0. The Morgan fingerprint density at radius 3 is 2.32 bits per heavy atom. The molecule has 7 nitrogen and oxygen atoms in total. The quantitative estimate of drug-likeness (QED) is 0.243. The molecule has 1 aromatic heterocycles. The van der Waals surface area contributed by atoms with Crippen LogP contribution in [0.4, 0.5) is 11.4 Å². The zero-order chi connectivity index (χ0) is 26.6. The summed E-state index contributed by atoms with van der Waals surface area (Å²) in [6.45, 7) is 0. The van der Waals surface area contributed by atoms with Gasteiger partial charge in [-0.3, -0.25) is 9.59 Å². The second kappa shape index (κ2) is 10.6. The summed E-state index contributed by atoms with van der Waals surface area (Å²) in [6, 6.07) is 27.3. The van der Waals surface area contributed by atoms with Crippen LogP contribution in [0.2, 0.25) is 5.02 Å². The zero-order valence-electron chi connectivity index (χ0n) is 20.2. The maximum absolute atomic E-state index is 12.9. The summed E-state index contributed by atoms with van der Waals surface area (Å²) in [5, 5.41) is 6.73. The molecule has 0 radical (unpaired) electrons. The number of halogens is 1. The highest BCUT2D eigenvalue weighted by Crippen LogP contribution is 2.29. The van der Waals surface area contributed by atoms with Gasteiger partial charge in [0.15, 0.2) is 0 Å². The Labute approximate surface area is 222 Å². The molecule has 0 aliphatic rings. The van der Waals surface area contributed by atoms with Crippen LogP contribution in [-0.2, 0) is 0 Å². The van der Waals surface area contributed by atoms with E-state index in [0.717, 1.165) is 5.39 Å². The van der Waals surface area contributed by atoms with Crippen LogP contribution in [0.15, 0.2) is 106 Å². The van der Waals surface area contributed by atoms with E-state index in [1.54, 1.807) is 84.9 Å². The average molecular weight is 525 g/mol. The molecule has 0 atom stereocenters. The van der Waals surface area contributed by atoms with Gasteiger partial charge < -0.3 is 19.8 Å². The molecular formula is C30H21ClN2O5. The van der Waals surface area contributed by atoms with Gasteiger partial charge in [-0.05, 0) is 54.1 Å². The number of hydrogen-bond acceptors (Lipinski definition) is 5. The molecule has 0 aliphatic heterocycles. The molecule has 0 saturated heterocycles. The van der Waals surface area contributed by atoms with E-state index in [1.165, 1.54) is 7.11 Å². The van der Waals surface area contributed by atoms with Crippen molar-refractivity contribution in [2.45, 2.75) is 0 Å². The number of amides is 2. The molecule has 188 valence electrons. The fourth-order valence-electron chi connectivity index (χ4n) is 3.97. The molecule has 38 heavy (non-hydrogen) atoms. The number of benzene rings is 4. The van der Waals surface area contributed by atoms with Gasteiger partial charge in [0.05, 0.1) is 28.9 Å². The van der Waals surface area contributed by atoms with Gasteiger partial charge in [-0.25, -0.2) is 4.79 Å². The monoisotopic (exact) mass is 524 g/mol. The number of carbonyl (C=O) groups excluding carboxylic acids is 2. The molecule has 5 aromatic rings. The third kappa shape index (κ3) is 5.14. The van der Waals surface area contributed by atoms with Gasteiger partial charge in [0.1, 0.15) is 11.3 Å². The lowest BCUT2D eigenvalue weighted by Gasteiger charge is -2.13. The normalized spacial score (nSPS) is 10.7. The number of fused-ring (bicyclic) bond motifs is 1. The first kappa shape index (κ1) is 24.8. The van der Waals surface area contributed by atoms with Crippen LogP contribution in [0, 0.1) is 0 Å². The molecule has 0 saturated carbocycles. The number of hydrogen-bond donors (Lipinski definition) is 2. The SMILES string of the molecule is COc1cc(NC(=O)c2ccc(-c3cc4ccccc4oc3=O)cc2)ccc1NC(=O)c1ccccc1Cl. The highest BCUT2D eigenvalue weighted by atomic mass is 35.5. The van der Waals surface area contributed by atoms with Crippen molar-refractivity contribution < 1.29 is 18.7 Å². The number of nitrogens with one attached hydrogen (secondary N) is 2. The second-order valence-corrected chi connectivity index (χ2v) is 8.77. The van der Waals surface area contributed by atoms with E-state index in [9.17, 15) is 14.4 Å². The molecule has 4 aromatic carbocycles. The first-order valence-corrected chi connectivity index (χ1v) is 12.0. The van der Waals surface area contributed by atoms with Crippen LogP contribution in [0.3, 0.4) is 0 Å². The van der Waals surface area contributed by atoms with Gasteiger partial charge in [-0.15, -0.1) is 0 Å². The average Bonchev–Trinajstić information content (AvgIpc) is 2.93. The number of carbonyl (C=O) groups is 2. The Kier molecular flexibility index (Phi) is 6.93. The van der Waals surface area contributed by atoms with Gasteiger partial charge in [-0.1, -0.05) is 54.1 Å². The van der Waals surface area contributed by atoms with Gasteiger partial charge in [-0.2, -0.15) is 0 Å². The van der Waals surface area contributed by atoms with Gasteiger partial charge in [0.2, 0.25) is 0 Å². The Morgan fingerprint density at radius 1 is 0.816 bits per heavy atom. The highest BCUT2D eigenvalue weighted by Gasteiger charge is 2.15. The van der Waals surface area contributed by atoms with Crippen molar-refractivity contribution in [2.24, 2.45) is 0 Å². The van der Waals surface area contributed by atoms with Crippen molar-refractivity contribution in [1.29, 1.82) is 0 Å². The van der Waals surface area contributed by atoms with Crippen LogP contribution in [0.5, 0.6) is 5.75 Å². The molecule has 0 unspecified atom stereocenters. The van der Waals surface area contributed by atoms with E-state index >= 15 is 0 Å². The first-order valence-electron chi connectivity index (χ1n) is 11.6. The van der Waals surface area contributed by atoms with Crippen LogP contribution in [0.1, 0.15) is 20.7 Å². The van der Waals surface area contributed by atoms with Crippen LogP contribution in [-0.4, -0.2) is 18.9 Å². The molecule has 2 amide bonds. The number of anilines is 2. The zero-order valence-corrected chi connectivity index (χ0v) is 20.9. The molecule has 0 spiro atoms. The highest BCUT2D eigenvalue weighted by molar-refractivity contribution is 6.34. The van der Waals surface area contributed by atoms with Gasteiger partial charge in [0.25, 0.3) is 11.8 Å².